The number of para-hydroxylation sites is 3. The summed E-state index contributed by atoms with van der Waals surface area (Å²) in [4.78, 5) is 11.0. The van der Waals surface area contributed by atoms with Crippen LogP contribution in [0, 0.1) is 0 Å². The van der Waals surface area contributed by atoms with Gasteiger partial charge >= 0.3 is 0 Å². The fraction of sp³-hybridized carbons (Fsp3) is 0. The van der Waals surface area contributed by atoms with Gasteiger partial charge in [-0.05, 0) is 99.8 Å². The van der Waals surface area contributed by atoms with Crippen molar-refractivity contribution in [1.29, 1.82) is 0 Å². The van der Waals surface area contributed by atoms with Gasteiger partial charge in [0.2, 0.25) is 5.95 Å². The van der Waals surface area contributed by atoms with E-state index in [4.69, 9.17) is 9.97 Å². The summed E-state index contributed by atoms with van der Waals surface area (Å²) >= 11 is 1.77. The number of benzene rings is 9. The van der Waals surface area contributed by atoms with Crippen LogP contribution in [0.1, 0.15) is 0 Å². The second-order valence-corrected chi connectivity index (χ2v) is 16.8. The average Bonchev–Trinajstić information content (AvgIpc) is 3.98. The molecule has 0 N–H and O–H groups in total. The van der Waals surface area contributed by atoms with E-state index in [1.807, 2.05) is 0 Å². The molecule has 0 unspecified atom stereocenters. The van der Waals surface area contributed by atoms with E-state index in [0.29, 0.717) is 5.95 Å². The van der Waals surface area contributed by atoms with Gasteiger partial charge in [0.05, 0.1) is 38.0 Å². The first-order valence-electron chi connectivity index (χ1n) is 20.6. The first-order valence-corrected chi connectivity index (χ1v) is 21.5. The van der Waals surface area contributed by atoms with E-state index in [1.54, 1.807) is 11.3 Å². The summed E-state index contributed by atoms with van der Waals surface area (Å²) in [5, 5.41) is 8.42. The first-order chi connectivity index (χ1) is 30.2. The first kappa shape index (κ1) is 34.0. The van der Waals surface area contributed by atoms with Crippen molar-refractivity contribution in [3.05, 3.63) is 206 Å². The van der Waals surface area contributed by atoms with E-state index < -0.39 is 0 Å². The van der Waals surface area contributed by atoms with E-state index >= 15 is 0 Å². The molecular formula is C56H34N4S. The molecular weight excluding hydrogens is 761 g/mol. The SMILES string of the molecule is c1ccc(-c2nc(-n3c4ccccc4c4cc(-c5ccc6c(c5)c5ccccc5n6-c5ccccc5)ccc43)nc3c2sc2ccc(-c4ccc5ccccc5c4)cc23)cc1. The molecule has 0 fully saturated rings. The summed E-state index contributed by atoms with van der Waals surface area (Å²) in [6, 6.07) is 74.4. The number of hydrogen-bond donors (Lipinski definition) is 0. The lowest BCUT2D eigenvalue weighted by Crippen LogP contribution is -2.02. The van der Waals surface area contributed by atoms with Crippen molar-refractivity contribution >= 4 is 86.0 Å². The standard InChI is InChI=1S/C56H34N4S/c1-3-14-36(15-4-1)53-55-54(47-34-41(27-30-52(47)61-55)38-24-23-35-13-7-8-16-37(35)31-38)58-56(57-53)60-49-22-12-10-20-44(49)46-33-40(26-29-51(46)60)39-25-28-50-45(32-39)43-19-9-11-21-48(43)59(50)42-17-5-2-6-18-42/h1-34H. The molecule has 4 aromatic heterocycles. The molecule has 0 amide bonds. The molecule has 0 saturated heterocycles. The van der Waals surface area contributed by atoms with E-state index in [9.17, 15) is 0 Å². The van der Waals surface area contributed by atoms with Gasteiger partial charge < -0.3 is 4.57 Å². The van der Waals surface area contributed by atoms with E-state index in [1.165, 1.54) is 70.3 Å². The van der Waals surface area contributed by atoms with Gasteiger partial charge in [-0.25, -0.2) is 9.97 Å². The van der Waals surface area contributed by atoms with Gasteiger partial charge in [0.1, 0.15) is 0 Å². The quantitative estimate of drug-likeness (QED) is 0.174. The van der Waals surface area contributed by atoms with Crippen LogP contribution in [0.15, 0.2) is 206 Å². The smallest absolute Gasteiger partial charge is 0.235 e. The van der Waals surface area contributed by atoms with Crippen LogP contribution in [0.3, 0.4) is 0 Å². The third-order valence-electron chi connectivity index (χ3n) is 12.3. The molecule has 5 heteroatoms. The van der Waals surface area contributed by atoms with Crippen molar-refractivity contribution in [1.82, 2.24) is 19.1 Å². The highest BCUT2D eigenvalue weighted by Gasteiger charge is 2.21. The molecule has 4 nitrogen and oxygen atoms in total. The van der Waals surface area contributed by atoms with Crippen molar-refractivity contribution in [2.75, 3.05) is 0 Å². The van der Waals surface area contributed by atoms with Gasteiger partial charge in [-0.15, -0.1) is 11.3 Å². The Morgan fingerprint density at radius 2 is 0.869 bits per heavy atom. The fourth-order valence-corrected chi connectivity index (χ4v) is 10.6. The van der Waals surface area contributed by atoms with Crippen molar-refractivity contribution in [2.24, 2.45) is 0 Å². The van der Waals surface area contributed by atoms with Crippen LogP contribution in [-0.2, 0) is 0 Å². The van der Waals surface area contributed by atoms with Gasteiger partial charge in [-0.2, -0.15) is 0 Å². The van der Waals surface area contributed by atoms with Gasteiger partial charge in [0.15, 0.2) is 0 Å². The number of rotatable bonds is 5. The van der Waals surface area contributed by atoms with Crippen molar-refractivity contribution in [3.8, 4) is 45.1 Å². The minimum absolute atomic E-state index is 0.663. The zero-order valence-corrected chi connectivity index (χ0v) is 33.6. The molecule has 0 bridgehead atoms. The molecule has 0 saturated carbocycles. The second-order valence-electron chi connectivity index (χ2n) is 15.8. The minimum Gasteiger partial charge on any atom is -0.309 e. The van der Waals surface area contributed by atoms with Crippen LogP contribution in [0.4, 0.5) is 0 Å². The zero-order valence-electron chi connectivity index (χ0n) is 32.8. The molecule has 284 valence electrons. The van der Waals surface area contributed by atoms with Crippen LogP contribution in [0.5, 0.6) is 0 Å². The van der Waals surface area contributed by atoms with Crippen LogP contribution in [-0.4, -0.2) is 19.1 Å². The molecule has 0 radical (unpaired) electrons. The second kappa shape index (κ2) is 13.3. The summed E-state index contributed by atoms with van der Waals surface area (Å²) in [6.07, 6.45) is 0. The number of hydrogen-bond acceptors (Lipinski definition) is 3. The highest BCUT2D eigenvalue weighted by molar-refractivity contribution is 7.26. The molecule has 13 aromatic rings. The lowest BCUT2D eigenvalue weighted by atomic mass is 10.00. The highest BCUT2D eigenvalue weighted by Crippen LogP contribution is 2.43. The van der Waals surface area contributed by atoms with E-state index in [-0.39, 0.29) is 0 Å². The molecule has 9 aromatic carbocycles. The maximum atomic E-state index is 5.51. The molecule has 0 spiro atoms. The summed E-state index contributed by atoms with van der Waals surface area (Å²) in [6.45, 7) is 0. The lowest BCUT2D eigenvalue weighted by Gasteiger charge is -2.11. The molecule has 0 atom stereocenters. The van der Waals surface area contributed by atoms with Crippen molar-refractivity contribution in [3.63, 3.8) is 0 Å². The Morgan fingerprint density at radius 3 is 1.59 bits per heavy atom. The van der Waals surface area contributed by atoms with E-state index in [2.05, 4.69) is 215 Å². The summed E-state index contributed by atoms with van der Waals surface area (Å²) in [7, 11) is 0. The van der Waals surface area contributed by atoms with Crippen LogP contribution < -0.4 is 0 Å². The summed E-state index contributed by atoms with van der Waals surface area (Å²) < 4.78 is 6.91. The van der Waals surface area contributed by atoms with Gasteiger partial charge in [0, 0.05) is 42.9 Å². The average molecular weight is 795 g/mol. The maximum absolute atomic E-state index is 5.51. The summed E-state index contributed by atoms with van der Waals surface area (Å²) in [5.41, 5.74) is 13.4. The number of nitrogens with zero attached hydrogens (tertiary/aromatic N) is 4. The van der Waals surface area contributed by atoms with Crippen LogP contribution in [0.2, 0.25) is 0 Å². The molecule has 61 heavy (non-hydrogen) atoms. The summed E-state index contributed by atoms with van der Waals surface area (Å²) in [5.74, 6) is 0.663. The van der Waals surface area contributed by atoms with Crippen LogP contribution in [0.25, 0.3) is 120 Å². The Labute approximate surface area is 354 Å². The lowest BCUT2D eigenvalue weighted by molar-refractivity contribution is 1.02. The predicted octanol–water partition coefficient (Wildman–Crippen LogP) is 15.2. The predicted molar refractivity (Wildman–Crippen MR) is 257 cm³/mol. The molecule has 0 aliphatic heterocycles. The zero-order chi connectivity index (χ0) is 40.0. The molecule has 4 heterocycles. The Morgan fingerprint density at radius 1 is 0.344 bits per heavy atom. The normalized spacial score (nSPS) is 11.9. The number of fused-ring (bicyclic) bond motifs is 10. The van der Waals surface area contributed by atoms with Gasteiger partial charge in [-0.3, -0.25) is 4.57 Å². The third-order valence-corrected chi connectivity index (χ3v) is 13.5. The Hall–Kier alpha value is -7.86. The molecule has 0 aliphatic rings. The Kier molecular flexibility index (Phi) is 7.44. The van der Waals surface area contributed by atoms with Crippen LogP contribution >= 0.6 is 11.3 Å². The number of aromatic nitrogens is 4. The third kappa shape index (κ3) is 5.31. The molecule has 0 aliphatic carbocycles. The largest absolute Gasteiger partial charge is 0.309 e. The maximum Gasteiger partial charge on any atom is 0.235 e. The Balaban J connectivity index is 1.01. The van der Waals surface area contributed by atoms with Crippen molar-refractivity contribution in [2.45, 2.75) is 0 Å². The minimum atomic E-state index is 0.663. The monoisotopic (exact) mass is 794 g/mol. The fourth-order valence-electron chi connectivity index (χ4n) is 9.45. The number of thiophene rings is 1. The van der Waals surface area contributed by atoms with Crippen molar-refractivity contribution < 1.29 is 0 Å². The Bertz CT molecular complexity index is 3880. The molecule has 13 rings (SSSR count). The topological polar surface area (TPSA) is 35.6 Å². The van der Waals surface area contributed by atoms with E-state index in [0.717, 1.165) is 43.6 Å². The highest BCUT2D eigenvalue weighted by atomic mass is 32.1. The van der Waals surface area contributed by atoms with Gasteiger partial charge in [0.25, 0.3) is 0 Å². The van der Waals surface area contributed by atoms with Gasteiger partial charge in [-0.1, -0.05) is 140 Å².